The zero-order valence-corrected chi connectivity index (χ0v) is 18.7. The minimum atomic E-state index is -3.50. The Morgan fingerprint density at radius 2 is 1.79 bits per heavy atom. The first-order valence-electron chi connectivity index (χ1n) is 10.9. The molecule has 3 aliphatic rings. The molecule has 0 aliphatic carbocycles. The molecule has 3 heterocycles. The summed E-state index contributed by atoms with van der Waals surface area (Å²) < 4.78 is 28.2. The van der Waals surface area contributed by atoms with Crippen LogP contribution in [0, 0.1) is 0 Å². The topological polar surface area (TPSA) is 60.9 Å². The Morgan fingerprint density at radius 1 is 1.10 bits per heavy atom. The van der Waals surface area contributed by atoms with Gasteiger partial charge in [0.15, 0.2) is 0 Å². The molecular weight excluding hydrogens is 386 g/mol. The molecule has 1 aromatic carbocycles. The molecule has 0 saturated carbocycles. The van der Waals surface area contributed by atoms with Gasteiger partial charge in [-0.15, -0.1) is 0 Å². The van der Waals surface area contributed by atoms with E-state index in [2.05, 4.69) is 18.7 Å². The summed E-state index contributed by atoms with van der Waals surface area (Å²) in [6.07, 6.45) is 5.10. The average Bonchev–Trinajstić information content (AvgIpc) is 3.29. The van der Waals surface area contributed by atoms with E-state index in [-0.39, 0.29) is 17.4 Å². The van der Waals surface area contributed by atoms with Crippen LogP contribution in [0.4, 0.5) is 5.69 Å². The van der Waals surface area contributed by atoms with E-state index in [9.17, 15) is 13.2 Å². The number of likely N-dealkylation sites (tertiary alicyclic amines) is 1. The van der Waals surface area contributed by atoms with Crippen LogP contribution < -0.4 is 4.90 Å². The average molecular weight is 420 g/mol. The highest BCUT2D eigenvalue weighted by Crippen LogP contribution is 2.42. The summed E-state index contributed by atoms with van der Waals surface area (Å²) in [4.78, 5) is 17.1. The molecule has 29 heavy (non-hydrogen) atoms. The normalized spacial score (nSPS) is 24.7. The number of carbonyl (C=O) groups is 1. The monoisotopic (exact) mass is 419 g/mol. The molecule has 0 aromatic heterocycles. The van der Waals surface area contributed by atoms with Crippen molar-refractivity contribution in [2.24, 2.45) is 0 Å². The number of nitrogens with zero attached hydrogens (tertiary/aromatic N) is 3. The van der Waals surface area contributed by atoms with Gasteiger partial charge in [-0.3, -0.25) is 4.79 Å². The van der Waals surface area contributed by atoms with Gasteiger partial charge in [0.25, 0.3) is 0 Å². The maximum absolute atomic E-state index is 13.3. The molecule has 0 radical (unpaired) electrons. The Bertz CT molecular complexity index is 891. The zero-order valence-electron chi connectivity index (χ0n) is 17.9. The van der Waals surface area contributed by atoms with Crippen molar-refractivity contribution >= 4 is 21.6 Å². The Kier molecular flexibility index (Phi) is 5.40. The SMILES string of the molecule is CC1CCCCN1S(=O)(=O)c1ccc2c(c1)C(C)(C)CN2CC(=O)N1CCCC1. The summed E-state index contributed by atoms with van der Waals surface area (Å²) in [6.45, 7) is 9.66. The minimum Gasteiger partial charge on any atom is -0.361 e. The predicted octanol–water partition coefficient (Wildman–Crippen LogP) is 2.97. The number of sulfonamides is 1. The van der Waals surface area contributed by atoms with Crippen molar-refractivity contribution in [3.63, 3.8) is 0 Å². The molecule has 1 atom stereocenters. The van der Waals surface area contributed by atoms with Gasteiger partial charge in [-0.1, -0.05) is 20.3 Å². The summed E-state index contributed by atoms with van der Waals surface area (Å²) in [7, 11) is -3.50. The molecule has 160 valence electrons. The van der Waals surface area contributed by atoms with Gasteiger partial charge >= 0.3 is 0 Å². The fourth-order valence-electron chi connectivity index (χ4n) is 5.08. The van der Waals surface area contributed by atoms with Crippen LogP contribution in [0.2, 0.25) is 0 Å². The van der Waals surface area contributed by atoms with Gasteiger partial charge in [-0.2, -0.15) is 4.31 Å². The van der Waals surface area contributed by atoms with Gasteiger partial charge in [0.05, 0.1) is 11.4 Å². The molecule has 6 nitrogen and oxygen atoms in total. The molecule has 0 spiro atoms. The number of benzene rings is 1. The third kappa shape index (κ3) is 3.79. The molecule has 4 rings (SSSR count). The van der Waals surface area contributed by atoms with Crippen molar-refractivity contribution in [1.82, 2.24) is 9.21 Å². The Labute approximate surface area is 174 Å². The standard InChI is InChI=1S/C22H33N3O3S/c1-17-8-4-5-13-25(17)29(27,28)18-9-10-20-19(14-18)22(2,3)16-24(20)15-21(26)23-11-6-7-12-23/h9-10,14,17H,4-8,11-13,15-16H2,1-3H3. The van der Waals surface area contributed by atoms with Crippen LogP contribution in [0.25, 0.3) is 0 Å². The van der Waals surface area contributed by atoms with Gasteiger partial charge in [0.2, 0.25) is 15.9 Å². The lowest BCUT2D eigenvalue weighted by atomic mass is 9.87. The summed E-state index contributed by atoms with van der Waals surface area (Å²) in [6, 6.07) is 5.53. The molecule has 3 aliphatic heterocycles. The molecule has 1 aromatic rings. The zero-order chi connectivity index (χ0) is 20.8. The second-order valence-electron chi connectivity index (χ2n) is 9.47. The number of hydrogen-bond donors (Lipinski definition) is 0. The quantitative estimate of drug-likeness (QED) is 0.753. The van der Waals surface area contributed by atoms with Crippen LogP contribution >= 0.6 is 0 Å². The minimum absolute atomic E-state index is 0.0459. The third-order valence-electron chi connectivity index (χ3n) is 6.76. The third-order valence-corrected chi connectivity index (χ3v) is 8.77. The highest BCUT2D eigenvalue weighted by molar-refractivity contribution is 7.89. The highest BCUT2D eigenvalue weighted by Gasteiger charge is 2.39. The maximum Gasteiger partial charge on any atom is 0.243 e. The summed E-state index contributed by atoms with van der Waals surface area (Å²) in [5, 5.41) is 0. The van der Waals surface area contributed by atoms with Gasteiger partial charge in [0.1, 0.15) is 0 Å². The van der Waals surface area contributed by atoms with Gasteiger partial charge < -0.3 is 9.80 Å². The van der Waals surface area contributed by atoms with E-state index in [0.717, 1.165) is 63.0 Å². The van der Waals surface area contributed by atoms with E-state index < -0.39 is 10.0 Å². The van der Waals surface area contributed by atoms with Gasteiger partial charge in [-0.05, 0) is 56.4 Å². The van der Waals surface area contributed by atoms with Gasteiger partial charge in [-0.25, -0.2) is 8.42 Å². The number of piperidine rings is 1. The molecule has 1 amide bonds. The van der Waals surface area contributed by atoms with E-state index in [1.54, 1.807) is 10.4 Å². The molecule has 0 N–H and O–H groups in total. The lowest BCUT2D eigenvalue weighted by molar-refractivity contribution is -0.128. The second-order valence-corrected chi connectivity index (χ2v) is 11.4. The first-order chi connectivity index (χ1) is 13.7. The molecule has 1 unspecified atom stereocenters. The molecule has 2 fully saturated rings. The largest absolute Gasteiger partial charge is 0.361 e. The van der Waals surface area contributed by atoms with E-state index >= 15 is 0 Å². The second kappa shape index (κ2) is 7.58. The van der Waals surface area contributed by atoms with Crippen LogP contribution in [-0.4, -0.2) is 62.3 Å². The number of rotatable bonds is 4. The number of amides is 1. The molecule has 2 saturated heterocycles. The first-order valence-corrected chi connectivity index (χ1v) is 12.3. The molecule has 0 bridgehead atoms. The molecule has 7 heteroatoms. The number of fused-ring (bicyclic) bond motifs is 1. The summed E-state index contributed by atoms with van der Waals surface area (Å²) in [5.74, 6) is 0.171. The van der Waals surface area contributed by atoms with Crippen LogP contribution in [0.1, 0.15) is 58.4 Å². The number of hydrogen-bond acceptors (Lipinski definition) is 4. The van der Waals surface area contributed by atoms with Crippen molar-refractivity contribution in [3.8, 4) is 0 Å². The van der Waals surface area contributed by atoms with E-state index in [4.69, 9.17) is 0 Å². The fraction of sp³-hybridized carbons (Fsp3) is 0.682. The highest BCUT2D eigenvalue weighted by atomic mass is 32.2. The Balaban J connectivity index is 1.61. The van der Waals surface area contributed by atoms with Crippen molar-refractivity contribution < 1.29 is 13.2 Å². The van der Waals surface area contributed by atoms with Gasteiger partial charge in [0, 0.05) is 43.3 Å². The van der Waals surface area contributed by atoms with Crippen molar-refractivity contribution in [1.29, 1.82) is 0 Å². The maximum atomic E-state index is 13.3. The van der Waals surface area contributed by atoms with Crippen LogP contribution in [0.5, 0.6) is 0 Å². The number of carbonyl (C=O) groups excluding carboxylic acids is 1. The first kappa shape index (κ1) is 20.7. The summed E-state index contributed by atoms with van der Waals surface area (Å²) >= 11 is 0. The Hall–Kier alpha value is -1.60. The van der Waals surface area contributed by atoms with Crippen molar-refractivity contribution in [2.45, 2.75) is 69.2 Å². The van der Waals surface area contributed by atoms with E-state index in [1.165, 1.54) is 0 Å². The molecular formula is C22H33N3O3S. The van der Waals surface area contributed by atoms with Crippen LogP contribution in [-0.2, 0) is 20.2 Å². The fourth-order valence-corrected chi connectivity index (χ4v) is 6.80. The van der Waals surface area contributed by atoms with E-state index in [1.807, 2.05) is 24.0 Å². The summed E-state index contributed by atoms with van der Waals surface area (Å²) in [5.41, 5.74) is 1.82. The van der Waals surface area contributed by atoms with Crippen molar-refractivity contribution in [2.75, 3.05) is 37.6 Å². The lowest BCUT2D eigenvalue weighted by Crippen LogP contribution is -2.41. The van der Waals surface area contributed by atoms with E-state index in [0.29, 0.717) is 18.0 Å². The smallest absolute Gasteiger partial charge is 0.243 e. The van der Waals surface area contributed by atoms with Crippen molar-refractivity contribution in [3.05, 3.63) is 23.8 Å². The predicted molar refractivity (Wildman–Crippen MR) is 115 cm³/mol. The number of anilines is 1. The van der Waals surface area contributed by atoms with Crippen LogP contribution in [0.3, 0.4) is 0 Å². The lowest BCUT2D eigenvalue weighted by Gasteiger charge is -2.32. The van der Waals surface area contributed by atoms with Crippen LogP contribution in [0.15, 0.2) is 23.1 Å². The Morgan fingerprint density at radius 3 is 2.48 bits per heavy atom.